The van der Waals surface area contributed by atoms with Crippen LogP contribution in [0.25, 0.3) is 11.1 Å². The maximum atomic E-state index is 12.9. The predicted molar refractivity (Wildman–Crippen MR) is 129 cm³/mol. The number of hydrogen-bond acceptors (Lipinski definition) is 5. The van der Waals surface area contributed by atoms with Gasteiger partial charge in [0.15, 0.2) is 0 Å². The number of carboxylic acids is 1. The fraction of sp³-hybridized carbons (Fsp3) is 0.259. The molecule has 2 aliphatic rings. The molecule has 0 unspecified atom stereocenters. The van der Waals surface area contributed by atoms with Gasteiger partial charge in [-0.25, -0.2) is 9.59 Å². The highest BCUT2D eigenvalue weighted by Crippen LogP contribution is 2.44. The second kappa shape index (κ2) is 9.58. The van der Waals surface area contributed by atoms with E-state index in [4.69, 9.17) is 9.84 Å². The fourth-order valence-electron chi connectivity index (χ4n) is 5.10. The van der Waals surface area contributed by atoms with Crippen LogP contribution in [0.2, 0.25) is 0 Å². The van der Waals surface area contributed by atoms with Gasteiger partial charge in [-0.15, -0.1) is 0 Å². The predicted octanol–water partition coefficient (Wildman–Crippen LogP) is 4.43. The third-order valence-corrected chi connectivity index (χ3v) is 6.75. The summed E-state index contributed by atoms with van der Waals surface area (Å²) in [5.74, 6) is -1.88. The first-order chi connectivity index (χ1) is 17.0. The van der Waals surface area contributed by atoms with Crippen LogP contribution in [0.5, 0.6) is 0 Å². The lowest BCUT2D eigenvalue weighted by Gasteiger charge is -2.21. The van der Waals surface area contributed by atoms with Gasteiger partial charge in [0.05, 0.1) is 23.4 Å². The number of amides is 2. The Morgan fingerprint density at radius 1 is 0.971 bits per heavy atom. The Labute approximate surface area is 202 Å². The topological polar surface area (TPSA) is 118 Å². The highest BCUT2D eigenvalue weighted by molar-refractivity contribution is 5.95. The zero-order chi connectivity index (χ0) is 24.4. The number of fused-ring (bicyclic) bond motifs is 3. The van der Waals surface area contributed by atoms with Gasteiger partial charge in [-0.05, 0) is 41.2 Å². The van der Waals surface area contributed by atoms with E-state index in [1.807, 2.05) is 24.3 Å². The molecule has 2 atom stereocenters. The maximum Gasteiger partial charge on any atom is 0.407 e. The Balaban J connectivity index is 1.21. The normalized spacial score (nSPS) is 18.4. The van der Waals surface area contributed by atoms with Crippen molar-refractivity contribution in [3.63, 3.8) is 0 Å². The number of anilines is 1. The quantitative estimate of drug-likeness (QED) is 0.490. The van der Waals surface area contributed by atoms with E-state index in [0.29, 0.717) is 18.5 Å². The summed E-state index contributed by atoms with van der Waals surface area (Å²) < 4.78 is 5.63. The minimum atomic E-state index is -1.12. The van der Waals surface area contributed by atoms with E-state index in [1.165, 1.54) is 18.5 Å². The molecule has 0 spiro atoms. The second-order valence-electron chi connectivity index (χ2n) is 8.87. The SMILES string of the molecule is O=C(N[C@H]1CCC[C@H]1C(=O)Nc1cncc(C(=O)O)c1)OCC1c2ccccc2-c2ccccc21. The molecule has 8 heteroatoms. The third kappa shape index (κ3) is 4.59. The third-order valence-electron chi connectivity index (χ3n) is 6.75. The van der Waals surface area contributed by atoms with Crippen molar-refractivity contribution in [2.24, 2.45) is 5.92 Å². The van der Waals surface area contributed by atoms with Gasteiger partial charge in [-0.3, -0.25) is 9.78 Å². The van der Waals surface area contributed by atoms with Crippen LogP contribution in [0.15, 0.2) is 67.0 Å². The summed E-state index contributed by atoms with van der Waals surface area (Å²) in [5.41, 5.74) is 4.88. The molecule has 8 nitrogen and oxygen atoms in total. The zero-order valence-corrected chi connectivity index (χ0v) is 18.9. The molecule has 0 saturated heterocycles. The maximum absolute atomic E-state index is 12.9. The number of rotatable bonds is 6. The van der Waals surface area contributed by atoms with Crippen LogP contribution < -0.4 is 10.6 Å². The molecule has 2 aromatic carbocycles. The molecule has 3 N–H and O–H groups in total. The Bertz CT molecular complexity index is 1250. The Morgan fingerprint density at radius 2 is 1.66 bits per heavy atom. The molecule has 5 rings (SSSR count). The van der Waals surface area contributed by atoms with Gasteiger partial charge in [0.1, 0.15) is 6.61 Å². The van der Waals surface area contributed by atoms with Crippen molar-refractivity contribution in [2.75, 3.05) is 11.9 Å². The van der Waals surface area contributed by atoms with Crippen molar-refractivity contribution in [1.82, 2.24) is 10.3 Å². The van der Waals surface area contributed by atoms with Gasteiger partial charge in [0.2, 0.25) is 5.91 Å². The first kappa shape index (κ1) is 22.6. The number of nitrogens with zero attached hydrogens (tertiary/aromatic N) is 1. The van der Waals surface area contributed by atoms with Crippen LogP contribution in [0.4, 0.5) is 10.5 Å². The zero-order valence-electron chi connectivity index (χ0n) is 18.9. The second-order valence-corrected chi connectivity index (χ2v) is 8.87. The molecule has 0 bridgehead atoms. The molecule has 1 fully saturated rings. The largest absolute Gasteiger partial charge is 0.478 e. The van der Waals surface area contributed by atoms with Gasteiger partial charge in [0.25, 0.3) is 0 Å². The summed E-state index contributed by atoms with van der Waals surface area (Å²) in [6, 6.07) is 17.3. The number of carboxylic acid groups (broad SMARTS) is 1. The Kier molecular flexibility index (Phi) is 6.18. The monoisotopic (exact) mass is 471 g/mol. The summed E-state index contributed by atoms with van der Waals surface area (Å²) in [7, 11) is 0. The lowest BCUT2D eigenvalue weighted by Crippen LogP contribution is -2.42. The van der Waals surface area contributed by atoms with Crippen LogP contribution in [-0.4, -0.2) is 40.7 Å². The number of aromatic nitrogens is 1. The number of alkyl carbamates (subject to hydrolysis) is 1. The number of hydrogen-bond donors (Lipinski definition) is 3. The lowest BCUT2D eigenvalue weighted by molar-refractivity contribution is -0.120. The van der Waals surface area contributed by atoms with Crippen LogP contribution in [0.1, 0.15) is 46.7 Å². The highest BCUT2D eigenvalue weighted by Gasteiger charge is 2.35. The van der Waals surface area contributed by atoms with Crippen LogP contribution >= 0.6 is 0 Å². The molecule has 1 heterocycles. The standard InChI is InChI=1S/C27H25N3O5/c31-25(29-17-12-16(26(32)33)13-28-14-17)22-10-5-11-24(22)30-27(34)35-15-23-20-8-3-1-6-18(20)19-7-2-4-9-21(19)23/h1-4,6-9,12-14,22-24H,5,10-11,15H2,(H,29,31)(H,30,34)(H,32,33)/t22-,24+/m1/s1. The van der Waals surface area contributed by atoms with E-state index in [1.54, 1.807) is 0 Å². The van der Waals surface area contributed by atoms with Crippen molar-refractivity contribution >= 4 is 23.7 Å². The number of aromatic carboxylic acids is 1. The molecule has 178 valence electrons. The Hall–Kier alpha value is -4.20. The average molecular weight is 472 g/mol. The smallest absolute Gasteiger partial charge is 0.407 e. The number of nitrogens with one attached hydrogen (secondary N) is 2. The number of pyridine rings is 1. The van der Waals surface area contributed by atoms with E-state index in [-0.39, 0.29) is 30.0 Å². The number of ether oxygens (including phenoxy) is 1. The van der Waals surface area contributed by atoms with Crippen molar-refractivity contribution < 1.29 is 24.2 Å². The molecule has 2 aliphatic carbocycles. The van der Waals surface area contributed by atoms with E-state index in [9.17, 15) is 14.4 Å². The molecule has 0 radical (unpaired) electrons. The molecule has 1 aromatic heterocycles. The van der Waals surface area contributed by atoms with Gasteiger partial charge >= 0.3 is 12.1 Å². The van der Waals surface area contributed by atoms with Crippen molar-refractivity contribution in [3.8, 4) is 11.1 Å². The first-order valence-electron chi connectivity index (χ1n) is 11.6. The minimum absolute atomic E-state index is 0.0115. The fourth-order valence-corrected chi connectivity index (χ4v) is 5.10. The molecule has 1 saturated carbocycles. The number of benzene rings is 2. The van der Waals surface area contributed by atoms with E-state index in [2.05, 4.69) is 39.9 Å². The molecule has 35 heavy (non-hydrogen) atoms. The van der Waals surface area contributed by atoms with Crippen LogP contribution in [0.3, 0.4) is 0 Å². The van der Waals surface area contributed by atoms with Gasteiger partial charge < -0.3 is 20.5 Å². The average Bonchev–Trinajstić information content (AvgIpc) is 3.45. The van der Waals surface area contributed by atoms with Gasteiger partial charge in [-0.1, -0.05) is 55.0 Å². The summed E-state index contributed by atoms with van der Waals surface area (Å²) >= 11 is 0. The van der Waals surface area contributed by atoms with E-state index in [0.717, 1.165) is 28.7 Å². The Morgan fingerprint density at radius 3 is 2.34 bits per heavy atom. The van der Waals surface area contributed by atoms with Gasteiger partial charge in [-0.2, -0.15) is 0 Å². The van der Waals surface area contributed by atoms with E-state index >= 15 is 0 Å². The molecule has 2 amide bonds. The molecule has 3 aromatic rings. The minimum Gasteiger partial charge on any atom is -0.478 e. The molecular weight excluding hydrogens is 446 g/mol. The van der Waals surface area contributed by atoms with Crippen LogP contribution in [-0.2, 0) is 9.53 Å². The summed E-state index contributed by atoms with van der Waals surface area (Å²) in [4.78, 5) is 40.5. The number of carbonyl (C=O) groups is 3. The summed E-state index contributed by atoms with van der Waals surface area (Å²) in [6.07, 6.45) is 4.13. The highest BCUT2D eigenvalue weighted by atomic mass is 16.5. The van der Waals surface area contributed by atoms with Gasteiger partial charge in [0, 0.05) is 18.2 Å². The molecule has 0 aliphatic heterocycles. The van der Waals surface area contributed by atoms with Crippen molar-refractivity contribution in [3.05, 3.63) is 83.7 Å². The lowest BCUT2D eigenvalue weighted by atomic mass is 9.98. The summed E-state index contributed by atoms with van der Waals surface area (Å²) in [6.45, 7) is 0.205. The molecular formula is C27H25N3O5. The van der Waals surface area contributed by atoms with Crippen molar-refractivity contribution in [2.45, 2.75) is 31.2 Å². The summed E-state index contributed by atoms with van der Waals surface area (Å²) in [5, 5.41) is 14.7. The van der Waals surface area contributed by atoms with Crippen molar-refractivity contribution in [1.29, 1.82) is 0 Å². The first-order valence-corrected chi connectivity index (χ1v) is 11.6. The number of carbonyl (C=O) groups excluding carboxylic acids is 2. The van der Waals surface area contributed by atoms with E-state index < -0.39 is 18.0 Å². The van der Waals surface area contributed by atoms with Crippen LogP contribution in [0, 0.1) is 5.92 Å².